The lowest BCUT2D eigenvalue weighted by Crippen LogP contribution is -2.46. The molecule has 0 bridgehead atoms. The number of thioether (sulfide) groups is 2. The van der Waals surface area contributed by atoms with Crippen LogP contribution in [0.5, 0.6) is 0 Å². The molecule has 0 heterocycles. The van der Waals surface area contributed by atoms with Gasteiger partial charge in [0.25, 0.3) is 9.71 Å². The molecular weight excluding hydrogens is 375 g/mol. The van der Waals surface area contributed by atoms with Gasteiger partial charge in [-0.25, -0.2) is 0 Å². The SMILES string of the molecule is CCO[Si](CCCP(=O)(C(=O)SC)C(=O)SC)(OCC)OCC. The van der Waals surface area contributed by atoms with Crippen LogP contribution in [-0.2, 0) is 17.8 Å². The van der Waals surface area contributed by atoms with E-state index in [1.54, 1.807) is 12.5 Å². The Morgan fingerprint density at radius 1 is 0.913 bits per heavy atom. The molecule has 0 atom stereocenters. The highest BCUT2D eigenvalue weighted by molar-refractivity contribution is 8.38. The lowest BCUT2D eigenvalue weighted by Gasteiger charge is -2.28. The summed E-state index contributed by atoms with van der Waals surface area (Å²) in [4.78, 5) is 22.8. The first kappa shape index (κ1) is 23.4. The molecule has 0 aliphatic carbocycles. The van der Waals surface area contributed by atoms with E-state index in [2.05, 4.69) is 0 Å². The van der Waals surface area contributed by atoms with Crippen LogP contribution in [0.4, 0.5) is 9.59 Å². The molecule has 6 nitrogen and oxygen atoms in total. The van der Waals surface area contributed by atoms with Gasteiger partial charge in [0.05, 0.1) is 0 Å². The van der Waals surface area contributed by atoms with Crippen LogP contribution in [0.15, 0.2) is 0 Å². The van der Waals surface area contributed by atoms with E-state index in [9.17, 15) is 14.2 Å². The van der Waals surface area contributed by atoms with Gasteiger partial charge in [-0.15, -0.1) is 0 Å². The van der Waals surface area contributed by atoms with Crippen molar-refractivity contribution in [1.29, 1.82) is 0 Å². The van der Waals surface area contributed by atoms with Gasteiger partial charge in [0, 0.05) is 32.0 Å². The molecule has 0 N–H and O–H groups in total. The Bertz CT molecular complexity index is 398. The van der Waals surface area contributed by atoms with Gasteiger partial charge in [-0.2, -0.15) is 0 Å². The lowest BCUT2D eigenvalue weighted by atomic mass is 10.6. The summed E-state index contributed by atoms with van der Waals surface area (Å²) in [5, 5.41) is 0. The summed E-state index contributed by atoms with van der Waals surface area (Å²) in [7, 11) is -6.38. The Balaban J connectivity index is 5.04. The van der Waals surface area contributed by atoms with Crippen LogP contribution in [0.2, 0.25) is 6.04 Å². The van der Waals surface area contributed by atoms with E-state index in [0.717, 1.165) is 23.5 Å². The Morgan fingerprint density at radius 2 is 1.30 bits per heavy atom. The molecule has 0 aromatic carbocycles. The molecule has 0 radical (unpaired) electrons. The quantitative estimate of drug-likeness (QED) is 0.342. The van der Waals surface area contributed by atoms with Crippen molar-refractivity contribution in [3.8, 4) is 0 Å². The molecular formula is C13H27O6PS2Si. The number of carbonyl (C=O) groups is 2. The minimum absolute atomic E-state index is 0.0360. The van der Waals surface area contributed by atoms with Crippen LogP contribution in [-0.4, -0.2) is 57.0 Å². The smallest absolute Gasteiger partial charge is 0.374 e. The van der Waals surface area contributed by atoms with Crippen molar-refractivity contribution in [3.63, 3.8) is 0 Å². The van der Waals surface area contributed by atoms with Crippen LogP contribution in [0.1, 0.15) is 27.2 Å². The molecule has 0 fully saturated rings. The molecule has 0 rings (SSSR count). The number of hydrogen-bond acceptors (Lipinski definition) is 8. The highest BCUT2D eigenvalue weighted by Crippen LogP contribution is 2.55. The molecule has 0 amide bonds. The van der Waals surface area contributed by atoms with Crippen molar-refractivity contribution < 1.29 is 27.4 Å². The summed E-state index contributed by atoms with van der Waals surface area (Å²) >= 11 is 1.69. The molecule has 0 saturated carbocycles. The van der Waals surface area contributed by atoms with Gasteiger partial charge in [0.15, 0.2) is 0 Å². The highest BCUT2D eigenvalue weighted by atomic mass is 32.2. The van der Waals surface area contributed by atoms with Crippen LogP contribution in [0.25, 0.3) is 0 Å². The normalized spacial score (nSPS) is 12.4. The van der Waals surface area contributed by atoms with Gasteiger partial charge in [0.1, 0.15) is 0 Å². The fraction of sp³-hybridized carbons (Fsp3) is 0.846. The van der Waals surface area contributed by atoms with E-state index in [1.807, 2.05) is 20.8 Å². The van der Waals surface area contributed by atoms with Gasteiger partial charge in [0.2, 0.25) is 7.14 Å². The maximum atomic E-state index is 12.8. The number of carbonyl (C=O) groups excluding carboxylic acids is 2. The fourth-order valence-corrected chi connectivity index (χ4v) is 9.68. The molecule has 136 valence electrons. The number of rotatable bonds is 12. The third-order valence-corrected chi connectivity index (χ3v) is 11.8. The Labute approximate surface area is 148 Å². The summed E-state index contributed by atoms with van der Waals surface area (Å²) in [5.74, 6) is 0. The Kier molecular flexibility index (Phi) is 12.0. The first-order valence-corrected chi connectivity index (χ1v) is 13.8. The first-order chi connectivity index (χ1) is 10.9. The lowest BCUT2D eigenvalue weighted by molar-refractivity contribution is 0.0712. The largest absolute Gasteiger partial charge is 0.500 e. The van der Waals surface area contributed by atoms with Crippen molar-refractivity contribution in [2.75, 3.05) is 38.5 Å². The third-order valence-electron chi connectivity index (χ3n) is 2.99. The zero-order valence-electron chi connectivity index (χ0n) is 14.5. The third kappa shape index (κ3) is 7.02. The average Bonchev–Trinajstić information content (AvgIpc) is 2.53. The fourth-order valence-electron chi connectivity index (χ4n) is 2.07. The highest BCUT2D eigenvalue weighted by Gasteiger charge is 2.43. The van der Waals surface area contributed by atoms with Crippen LogP contribution in [0.3, 0.4) is 0 Å². The molecule has 0 aromatic heterocycles. The van der Waals surface area contributed by atoms with Gasteiger partial charge >= 0.3 is 8.80 Å². The molecule has 0 aliphatic heterocycles. The predicted molar refractivity (Wildman–Crippen MR) is 100 cm³/mol. The van der Waals surface area contributed by atoms with Crippen LogP contribution < -0.4 is 0 Å². The van der Waals surface area contributed by atoms with E-state index >= 15 is 0 Å². The summed E-state index contributed by atoms with van der Waals surface area (Å²) in [6, 6.07) is 0.440. The zero-order chi connectivity index (χ0) is 17.9. The van der Waals surface area contributed by atoms with Crippen molar-refractivity contribution >= 4 is 49.2 Å². The van der Waals surface area contributed by atoms with Crippen molar-refractivity contribution in [3.05, 3.63) is 0 Å². The first-order valence-electron chi connectivity index (χ1n) is 7.53. The summed E-state index contributed by atoms with van der Waals surface area (Å²) in [6.45, 7) is 6.95. The van der Waals surface area contributed by atoms with Crippen molar-refractivity contribution in [1.82, 2.24) is 0 Å². The van der Waals surface area contributed by atoms with Gasteiger partial charge in [-0.05, 0) is 39.7 Å². The predicted octanol–water partition coefficient (Wildman–Crippen LogP) is 4.75. The molecule has 0 spiro atoms. The topological polar surface area (TPSA) is 78.9 Å². The number of hydrogen-bond donors (Lipinski definition) is 0. The molecule has 0 unspecified atom stereocenters. The average molecular weight is 403 g/mol. The van der Waals surface area contributed by atoms with E-state index in [1.165, 1.54) is 0 Å². The van der Waals surface area contributed by atoms with Gasteiger partial charge in [-0.1, -0.05) is 23.5 Å². The van der Waals surface area contributed by atoms with Gasteiger partial charge in [-0.3, -0.25) is 9.59 Å². The summed E-state index contributed by atoms with van der Waals surface area (Å²) < 4.78 is 30.0. The van der Waals surface area contributed by atoms with Crippen molar-refractivity contribution in [2.45, 2.75) is 33.2 Å². The molecule has 10 heteroatoms. The standard InChI is InChI=1S/C13H27O6PS2Si/c1-6-17-23(18-7-2,19-8-3)11-9-10-20(16,12(14)21-4)13(15)22-5/h6-11H2,1-5H3. The Hall–Kier alpha value is 0.367. The second-order valence-electron chi connectivity index (χ2n) is 4.49. The Morgan fingerprint density at radius 3 is 1.61 bits per heavy atom. The van der Waals surface area contributed by atoms with Crippen molar-refractivity contribution in [2.24, 2.45) is 0 Å². The maximum absolute atomic E-state index is 12.8. The molecule has 23 heavy (non-hydrogen) atoms. The van der Waals surface area contributed by atoms with E-state index in [0.29, 0.717) is 32.3 Å². The van der Waals surface area contributed by atoms with Gasteiger partial charge < -0.3 is 17.8 Å². The minimum Gasteiger partial charge on any atom is -0.374 e. The monoisotopic (exact) mass is 402 g/mol. The molecule has 0 aromatic rings. The zero-order valence-corrected chi connectivity index (χ0v) is 18.0. The molecule has 0 saturated heterocycles. The summed E-state index contributed by atoms with van der Waals surface area (Å²) in [5.41, 5.74) is 0. The van der Waals surface area contributed by atoms with E-state index in [-0.39, 0.29) is 6.16 Å². The van der Waals surface area contributed by atoms with E-state index in [4.69, 9.17) is 13.3 Å². The van der Waals surface area contributed by atoms with Crippen LogP contribution >= 0.6 is 30.7 Å². The molecule has 0 aliphatic rings. The minimum atomic E-state index is -3.54. The van der Waals surface area contributed by atoms with E-state index < -0.39 is 25.7 Å². The second kappa shape index (κ2) is 11.8. The summed E-state index contributed by atoms with van der Waals surface area (Å²) in [6.07, 6.45) is 3.51. The second-order valence-corrected chi connectivity index (χ2v) is 12.1. The maximum Gasteiger partial charge on any atom is 0.500 e. The van der Waals surface area contributed by atoms with Crippen LogP contribution in [0, 0.1) is 0 Å².